The van der Waals surface area contributed by atoms with Gasteiger partial charge in [-0.3, -0.25) is 25.0 Å². The van der Waals surface area contributed by atoms with Crippen molar-refractivity contribution in [1.82, 2.24) is 0 Å². The van der Waals surface area contributed by atoms with Crippen molar-refractivity contribution < 1.29 is 23.8 Å². The number of para-hydroxylation sites is 1. The summed E-state index contributed by atoms with van der Waals surface area (Å²) in [4.78, 5) is 33.7. The van der Waals surface area contributed by atoms with Gasteiger partial charge in [0.05, 0.1) is 11.5 Å². The molecule has 1 heterocycles. The van der Waals surface area contributed by atoms with E-state index in [1.54, 1.807) is 0 Å². The Morgan fingerprint density at radius 1 is 1.19 bits per heavy atom. The number of benzene rings is 1. The highest BCUT2D eigenvalue weighted by atomic mass is 28.4. The van der Waals surface area contributed by atoms with E-state index in [0.717, 1.165) is 6.07 Å². The molecule has 2 aromatic rings. The van der Waals surface area contributed by atoms with Crippen LogP contribution in [0, 0.1) is 20.2 Å². The van der Waals surface area contributed by atoms with Gasteiger partial charge in [0.1, 0.15) is 11.7 Å². The molecule has 1 aromatic carbocycles. The molecule has 1 atom stereocenters. The van der Waals surface area contributed by atoms with E-state index in [1.165, 1.54) is 24.3 Å². The smallest absolute Gasteiger partial charge is 0.273 e. The molecule has 0 amide bonds. The van der Waals surface area contributed by atoms with Crippen molar-refractivity contribution in [3.8, 4) is 5.75 Å². The van der Waals surface area contributed by atoms with Crippen LogP contribution < -0.4 is 5.43 Å². The first-order valence-corrected chi connectivity index (χ1v) is 12.5. The maximum absolute atomic E-state index is 12.4. The number of hydrogen-bond acceptors (Lipinski definition) is 8. The molecule has 0 aliphatic rings. The summed E-state index contributed by atoms with van der Waals surface area (Å²) in [7, 11) is -2.20. The van der Waals surface area contributed by atoms with E-state index >= 15 is 0 Å². The quantitative estimate of drug-likeness (QED) is 0.358. The van der Waals surface area contributed by atoms with Gasteiger partial charge in [0.15, 0.2) is 14.1 Å². The predicted octanol–water partition coefficient (Wildman–Crippen LogP) is 4.18. The standard InChI is InChI=1S/C20H26N2O8Si/c1-20(2,3)31(4,5)29-12-13-10-17(23)18(24)19(30-13)15(11-21(25)26)14-8-6-7-9-16(14)22(27)28/h6-10,15,24H,11-12H2,1-5H3. The molecule has 2 rings (SSSR count). The van der Waals surface area contributed by atoms with E-state index in [1.807, 2.05) is 33.9 Å². The molecule has 0 bridgehead atoms. The summed E-state index contributed by atoms with van der Waals surface area (Å²) in [6, 6.07) is 6.50. The van der Waals surface area contributed by atoms with Crippen LogP contribution in [0.1, 0.15) is 43.8 Å². The fraction of sp³-hybridized carbons (Fsp3) is 0.450. The average molecular weight is 451 g/mol. The lowest BCUT2D eigenvalue weighted by molar-refractivity contribution is -0.482. The molecule has 10 nitrogen and oxygen atoms in total. The molecule has 1 N–H and O–H groups in total. The summed E-state index contributed by atoms with van der Waals surface area (Å²) < 4.78 is 11.7. The Hall–Kier alpha value is -3.05. The second-order valence-electron chi connectivity index (χ2n) is 8.72. The van der Waals surface area contributed by atoms with Crippen molar-refractivity contribution >= 4 is 14.0 Å². The number of nitro groups is 2. The zero-order valence-electron chi connectivity index (χ0n) is 18.1. The molecule has 168 valence electrons. The normalized spacial score (nSPS) is 13.1. The minimum absolute atomic E-state index is 0.0369. The Kier molecular flexibility index (Phi) is 7.02. The molecule has 0 saturated carbocycles. The van der Waals surface area contributed by atoms with Crippen LogP contribution >= 0.6 is 0 Å². The third-order valence-corrected chi connectivity index (χ3v) is 10.0. The molecule has 0 fully saturated rings. The van der Waals surface area contributed by atoms with Crippen molar-refractivity contribution in [2.45, 2.75) is 51.4 Å². The lowest BCUT2D eigenvalue weighted by atomic mass is 9.94. The molecule has 1 aromatic heterocycles. The number of hydrogen-bond donors (Lipinski definition) is 1. The monoisotopic (exact) mass is 450 g/mol. The van der Waals surface area contributed by atoms with Crippen LogP contribution in [-0.4, -0.2) is 29.8 Å². The van der Waals surface area contributed by atoms with E-state index in [9.17, 15) is 30.1 Å². The van der Waals surface area contributed by atoms with Crippen LogP contribution in [0.5, 0.6) is 5.75 Å². The van der Waals surface area contributed by atoms with E-state index in [2.05, 4.69) is 0 Å². The highest BCUT2D eigenvalue weighted by Gasteiger charge is 2.38. The molecular formula is C20H26N2O8Si. The zero-order valence-corrected chi connectivity index (χ0v) is 19.1. The topological polar surface area (TPSA) is 146 Å². The third kappa shape index (κ3) is 5.55. The summed E-state index contributed by atoms with van der Waals surface area (Å²) in [5, 5.41) is 33.0. The zero-order chi connectivity index (χ0) is 23.6. The van der Waals surface area contributed by atoms with Crippen LogP contribution in [0.4, 0.5) is 5.69 Å². The first kappa shape index (κ1) is 24.2. The van der Waals surface area contributed by atoms with Gasteiger partial charge in [-0.1, -0.05) is 39.0 Å². The minimum Gasteiger partial charge on any atom is -0.502 e. The van der Waals surface area contributed by atoms with Gasteiger partial charge in [0.2, 0.25) is 17.7 Å². The van der Waals surface area contributed by atoms with Gasteiger partial charge in [-0.15, -0.1) is 0 Å². The second-order valence-corrected chi connectivity index (χ2v) is 13.5. The molecule has 31 heavy (non-hydrogen) atoms. The van der Waals surface area contributed by atoms with Crippen LogP contribution in [0.2, 0.25) is 18.1 Å². The maximum atomic E-state index is 12.4. The lowest BCUT2D eigenvalue weighted by Gasteiger charge is -2.35. The van der Waals surface area contributed by atoms with Gasteiger partial charge in [0.25, 0.3) is 5.69 Å². The van der Waals surface area contributed by atoms with E-state index in [0.29, 0.717) is 0 Å². The SMILES string of the molecule is CC(C)(C)[Si](C)(C)OCc1cc(=O)c(O)c(C(C[N+](=O)[O-])c2ccccc2[N+](=O)[O-])o1. The van der Waals surface area contributed by atoms with Gasteiger partial charge < -0.3 is 13.9 Å². The van der Waals surface area contributed by atoms with Gasteiger partial charge in [-0.05, 0) is 18.1 Å². The third-order valence-electron chi connectivity index (χ3n) is 5.54. The summed E-state index contributed by atoms with van der Waals surface area (Å²) in [6.07, 6.45) is 0. The van der Waals surface area contributed by atoms with Crippen LogP contribution in [0.15, 0.2) is 39.5 Å². The first-order valence-electron chi connectivity index (χ1n) is 9.59. The molecule has 11 heteroatoms. The lowest BCUT2D eigenvalue weighted by Crippen LogP contribution is -2.40. The maximum Gasteiger partial charge on any atom is 0.273 e. The van der Waals surface area contributed by atoms with Gasteiger partial charge >= 0.3 is 0 Å². The fourth-order valence-electron chi connectivity index (χ4n) is 2.75. The molecular weight excluding hydrogens is 424 g/mol. The molecule has 1 unspecified atom stereocenters. The van der Waals surface area contributed by atoms with Crippen molar-refractivity contribution in [3.05, 3.63) is 77.9 Å². The van der Waals surface area contributed by atoms with Gasteiger partial charge in [-0.2, -0.15) is 0 Å². The number of nitro benzene ring substituents is 1. The van der Waals surface area contributed by atoms with E-state index in [4.69, 9.17) is 8.84 Å². The second kappa shape index (κ2) is 8.98. The Balaban J connectivity index is 2.57. The van der Waals surface area contributed by atoms with E-state index < -0.39 is 47.6 Å². The fourth-order valence-corrected chi connectivity index (χ4v) is 3.69. The van der Waals surface area contributed by atoms with Crippen LogP contribution in [0.25, 0.3) is 0 Å². The van der Waals surface area contributed by atoms with Gasteiger partial charge in [-0.25, -0.2) is 0 Å². The summed E-state index contributed by atoms with van der Waals surface area (Å²) >= 11 is 0. The summed E-state index contributed by atoms with van der Waals surface area (Å²) in [6.45, 7) is 9.26. The van der Waals surface area contributed by atoms with Crippen LogP contribution in [-0.2, 0) is 11.0 Å². The molecule has 0 aliphatic heterocycles. The van der Waals surface area contributed by atoms with Crippen molar-refractivity contribution in [3.63, 3.8) is 0 Å². The summed E-state index contributed by atoms with van der Waals surface area (Å²) in [5.74, 6) is -2.47. The minimum atomic E-state index is -2.20. The van der Waals surface area contributed by atoms with Crippen LogP contribution in [0.3, 0.4) is 0 Å². The molecule has 0 saturated heterocycles. The van der Waals surface area contributed by atoms with Crippen molar-refractivity contribution in [2.75, 3.05) is 6.54 Å². The Morgan fingerprint density at radius 2 is 1.81 bits per heavy atom. The molecule has 0 radical (unpaired) electrons. The highest BCUT2D eigenvalue weighted by Crippen LogP contribution is 2.38. The highest BCUT2D eigenvalue weighted by molar-refractivity contribution is 6.74. The predicted molar refractivity (Wildman–Crippen MR) is 115 cm³/mol. The number of rotatable bonds is 8. The molecule has 0 aliphatic carbocycles. The van der Waals surface area contributed by atoms with Crippen molar-refractivity contribution in [1.29, 1.82) is 0 Å². The summed E-state index contributed by atoms with van der Waals surface area (Å²) in [5.41, 5.74) is -1.22. The number of aromatic hydroxyl groups is 1. The molecule has 0 spiro atoms. The Morgan fingerprint density at radius 3 is 2.35 bits per heavy atom. The van der Waals surface area contributed by atoms with E-state index in [-0.39, 0.29) is 28.7 Å². The van der Waals surface area contributed by atoms with Crippen molar-refractivity contribution in [2.24, 2.45) is 0 Å². The largest absolute Gasteiger partial charge is 0.502 e. The average Bonchev–Trinajstić information content (AvgIpc) is 2.66. The first-order chi connectivity index (χ1) is 14.2. The Bertz CT molecular complexity index is 1040. The van der Waals surface area contributed by atoms with Gasteiger partial charge in [0, 0.05) is 22.6 Å². The Labute approximate surface area is 179 Å². The number of nitrogens with zero attached hydrogens (tertiary/aromatic N) is 2.